The second-order valence-electron chi connectivity index (χ2n) is 9.82. The van der Waals surface area contributed by atoms with E-state index in [0.717, 1.165) is 40.4 Å². The van der Waals surface area contributed by atoms with Gasteiger partial charge in [-0.25, -0.2) is 14.3 Å². The van der Waals surface area contributed by atoms with Crippen molar-refractivity contribution >= 4 is 17.7 Å². The fourth-order valence-electron chi connectivity index (χ4n) is 5.43. The van der Waals surface area contributed by atoms with Gasteiger partial charge in [-0.1, -0.05) is 55.5 Å². The standard InChI is InChI=1S/C33H31N5O3/c1-3-28-27-22-37(33(40)34-25-19-17-24(18-20-25)32(39)41-4-2)30(23-12-7-5-8-13-23)29-16-11-21-36(29)31(27)38(35-28)26-14-9-6-10-15-26/h5-21,30H,3-4,22H2,1-2H3,(H,34,40). The fraction of sp³-hybridized carbons (Fsp3) is 0.182. The first-order valence-electron chi connectivity index (χ1n) is 13.8. The average molecular weight is 546 g/mol. The van der Waals surface area contributed by atoms with E-state index in [1.165, 1.54) is 0 Å². The van der Waals surface area contributed by atoms with E-state index in [0.29, 0.717) is 24.4 Å². The first-order chi connectivity index (χ1) is 20.1. The highest BCUT2D eigenvalue weighted by molar-refractivity contribution is 5.92. The SMILES string of the molecule is CCOC(=O)c1ccc(NC(=O)N2Cc3c(CC)nn(-c4ccccc4)c3-n3cccc3C2c2ccccc2)cc1. The molecule has 3 aromatic carbocycles. The molecule has 1 N–H and O–H groups in total. The molecule has 0 fully saturated rings. The number of rotatable bonds is 6. The zero-order chi connectivity index (χ0) is 28.3. The number of anilines is 1. The summed E-state index contributed by atoms with van der Waals surface area (Å²) >= 11 is 0. The number of nitrogens with one attached hydrogen (secondary N) is 1. The second-order valence-corrected chi connectivity index (χ2v) is 9.82. The van der Waals surface area contributed by atoms with Crippen LogP contribution in [0.2, 0.25) is 0 Å². The number of aryl methyl sites for hydroxylation is 1. The van der Waals surface area contributed by atoms with Crippen LogP contribution in [0.15, 0.2) is 103 Å². The monoisotopic (exact) mass is 545 g/mol. The lowest BCUT2D eigenvalue weighted by Gasteiger charge is -2.31. The van der Waals surface area contributed by atoms with E-state index >= 15 is 0 Å². The van der Waals surface area contributed by atoms with Gasteiger partial charge in [0.1, 0.15) is 5.82 Å². The number of ether oxygens (including phenoxy) is 1. The highest BCUT2D eigenvalue weighted by Crippen LogP contribution is 2.39. The number of carbonyl (C=O) groups excluding carboxylic acids is 2. The lowest BCUT2D eigenvalue weighted by molar-refractivity contribution is 0.0526. The van der Waals surface area contributed by atoms with Crippen molar-refractivity contribution < 1.29 is 14.3 Å². The van der Waals surface area contributed by atoms with Crippen molar-refractivity contribution in [1.82, 2.24) is 19.2 Å². The number of hydrogen-bond donors (Lipinski definition) is 1. The van der Waals surface area contributed by atoms with Crippen molar-refractivity contribution in [1.29, 1.82) is 0 Å². The van der Waals surface area contributed by atoms with Crippen molar-refractivity contribution in [2.45, 2.75) is 32.9 Å². The maximum Gasteiger partial charge on any atom is 0.338 e. The molecule has 1 unspecified atom stereocenters. The van der Waals surface area contributed by atoms with Gasteiger partial charge in [-0.3, -0.25) is 0 Å². The summed E-state index contributed by atoms with van der Waals surface area (Å²) < 4.78 is 9.23. The second kappa shape index (κ2) is 11.2. The number of carbonyl (C=O) groups is 2. The maximum atomic E-state index is 14.1. The number of esters is 1. The van der Waals surface area contributed by atoms with E-state index in [9.17, 15) is 9.59 Å². The lowest BCUT2D eigenvalue weighted by Crippen LogP contribution is -2.38. The van der Waals surface area contributed by atoms with Gasteiger partial charge in [-0.2, -0.15) is 5.10 Å². The predicted molar refractivity (Wildman–Crippen MR) is 158 cm³/mol. The summed E-state index contributed by atoms with van der Waals surface area (Å²) in [6, 6.07) is 30.4. The van der Waals surface area contributed by atoms with Crippen LogP contribution in [0.25, 0.3) is 11.5 Å². The van der Waals surface area contributed by atoms with Crippen molar-refractivity contribution in [3.8, 4) is 11.5 Å². The van der Waals surface area contributed by atoms with E-state index in [4.69, 9.17) is 9.84 Å². The first-order valence-corrected chi connectivity index (χ1v) is 13.8. The Balaban J connectivity index is 1.45. The predicted octanol–water partition coefficient (Wildman–Crippen LogP) is 6.54. The average Bonchev–Trinajstić information content (AvgIpc) is 3.59. The normalized spacial score (nSPS) is 14.1. The Morgan fingerprint density at radius 3 is 2.29 bits per heavy atom. The molecule has 206 valence electrons. The van der Waals surface area contributed by atoms with Gasteiger partial charge in [0, 0.05) is 17.4 Å². The summed E-state index contributed by atoms with van der Waals surface area (Å²) in [6.07, 6.45) is 2.76. The zero-order valence-electron chi connectivity index (χ0n) is 23.0. The van der Waals surface area contributed by atoms with Gasteiger partial charge in [-0.15, -0.1) is 0 Å². The molecule has 5 aromatic rings. The van der Waals surface area contributed by atoms with Crippen LogP contribution in [0.3, 0.4) is 0 Å². The minimum absolute atomic E-state index is 0.252. The molecule has 0 spiro atoms. The summed E-state index contributed by atoms with van der Waals surface area (Å²) in [5.41, 5.74) is 5.88. The van der Waals surface area contributed by atoms with E-state index in [1.54, 1.807) is 31.2 Å². The van der Waals surface area contributed by atoms with Crippen LogP contribution in [0.5, 0.6) is 0 Å². The quantitative estimate of drug-likeness (QED) is 0.246. The minimum atomic E-state index is -0.391. The molecule has 1 aliphatic heterocycles. The number of hydrogen-bond acceptors (Lipinski definition) is 4. The lowest BCUT2D eigenvalue weighted by atomic mass is 10.0. The van der Waals surface area contributed by atoms with Crippen LogP contribution in [-0.2, 0) is 17.7 Å². The molecular weight excluding hydrogens is 514 g/mol. The van der Waals surface area contributed by atoms with Gasteiger partial charge in [0.2, 0.25) is 0 Å². The van der Waals surface area contributed by atoms with Crippen molar-refractivity contribution in [2.75, 3.05) is 11.9 Å². The van der Waals surface area contributed by atoms with E-state index in [-0.39, 0.29) is 12.1 Å². The molecule has 2 amide bonds. The summed E-state index contributed by atoms with van der Waals surface area (Å²) in [5, 5.41) is 8.08. The fourth-order valence-corrected chi connectivity index (χ4v) is 5.43. The highest BCUT2D eigenvalue weighted by atomic mass is 16.5. The summed E-state index contributed by atoms with van der Waals surface area (Å²) in [7, 11) is 0. The van der Waals surface area contributed by atoms with Gasteiger partial charge in [0.05, 0.1) is 41.8 Å². The zero-order valence-corrected chi connectivity index (χ0v) is 23.0. The van der Waals surface area contributed by atoms with E-state index in [2.05, 4.69) is 35.0 Å². The number of amides is 2. The molecular formula is C33H31N5O3. The molecule has 1 aliphatic rings. The Hall–Kier alpha value is -5.11. The number of aromatic nitrogens is 3. The molecule has 8 nitrogen and oxygen atoms in total. The maximum absolute atomic E-state index is 14.1. The minimum Gasteiger partial charge on any atom is -0.462 e. The van der Waals surface area contributed by atoms with Crippen LogP contribution in [0.1, 0.15) is 52.8 Å². The summed E-state index contributed by atoms with van der Waals surface area (Å²) in [4.78, 5) is 28.1. The van der Waals surface area contributed by atoms with Gasteiger partial charge >= 0.3 is 12.0 Å². The van der Waals surface area contributed by atoms with Crippen LogP contribution in [-0.4, -0.2) is 37.9 Å². The number of para-hydroxylation sites is 1. The van der Waals surface area contributed by atoms with E-state index < -0.39 is 5.97 Å². The summed E-state index contributed by atoms with van der Waals surface area (Å²) in [5.74, 6) is 0.543. The molecule has 2 aromatic heterocycles. The Labute approximate surface area is 238 Å². The molecule has 8 heteroatoms. The Morgan fingerprint density at radius 1 is 0.902 bits per heavy atom. The molecule has 3 heterocycles. The topological polar surface area (TPSA) is 81.4 Å². The first kappa shape index (κ1) is 26.1. The Bertz CT molecular complexity index is 1670. The van der Waals surface area contributed by atoms with Crippen molar-refractivity contribution in [3.63, 3.8) is 0 Å². The van der Waals surface area contributed by atoms with Crippen LogP contribution < -0.4 is 5.32 Å². The van der Waals surface area contributed by atoms with Crippen LogP contribution >= 0.6 is 0 Å². The third-order valence-corrected chi connectivity index (χ3v) is 7.33. The Morgan fingerprint density at radius 2 is 1.61 bits per heavy atom. The third kappa shape index (κ3) is 4.89. The molecule has 41 heavy (non-hydrogen) atoms. The third-order valence-electron chi connectivity index (χ3n) is 7.33. The molecule has 1 atom stereocenters. The van der Waals surface area contributed by atoms with Gasteiger partial charge in [-0.05, 0) is 67.4 Å². The van der Waals surface area contributed by atoms with Gasteiger partial charge in [0.15, 0.2) is 0 Å². The molecule has 0 bridgehead atoms. The molecule has 6 rings (SSSR count). The largest absolute Gasteiger partial charge is 0.462 e. The Kier molecular flexibility index (Phi) is 7.12. The molecule has 0 aliphatic carbocycles. The molecule has 0 saturated heterocycles. The number of urea groups is 1. The number of fused-ring (bicyclic) bond motifs is 3. The van der Waals surface area contributed by atoms with Crippen molar-refractivity contribution in [2.24, 2.45) is 0 Å². The van der Waals surface area contributed by atoms with E-state index in [1.807, 2.05) is 70.4 Å². The smallest absolute Gasteiger partial charge is 0.338 e. The van der Waals surface area contributed by atoms with Gasteiger partial charge in [0.25, 0.3) is 0 Å². The van der Waals surface area contributed by atoms with Crippen LogP contribution in [0, 0.1) is 0 Å². The van der Waals surface area contributed by atoms with Crippen molar-refractivity contribution in [3.05, 3.63) is 131 Å². The number of nitrogens with zero attached hydrogens (tertiary/aromatic N) is 4. The highest BCUT2D eigenvalue weighted by Gasteiger charge is 2.36. The molecule has 0 radical (unpaired) electrons. The van der Waals surface area contributed by atoms with Gasteiger partial charge < -0.3 is 19.5 Å². The molecule has 0 saturated carbocycles. The van der Waals surface area contributed by atoms with Crippen LogP contribution in [0.4, 0.5) is 10.5 Å². The summed E-state index contributed by atoms with van der Waals surface area (Å²) in [6.45, 7) is 4.52. The number of benzene rings is 3.